The highest BCUT2D eigenvalue weighted by Gasteiger charge is 2.28. The number of aromatic nitrogens is 4. The van der Waals surface area contributed by atoms with E-state index in [0.29, 0.717) is 48.0 Å². The summed E-state index contributed by atoms with van der Waals surface area (Å²) >= 11 is 0. The number of carbonyl (C=O) groups is 2. The van der Waals surface area contributed by atoms with Crippen LogP contribution in [0.15, 0.2) is 42.9 Å². The molecule has 1 fully saturated rings. The van der Waals surface area contributed by atoms with Gasteiger partial charge >= 0.3 is 0 Å². The summed E-state index contributed by atoms with van der Waals surface area (Å²) in [4.78, 5) is 35.4. The highest BCUT2D eigenvalue weighted by Crippen LogP contribution is 2.27. The molecule has 32 heavy (non-hydrogen) atoms. The van der Waals surface area contributed by atoms with Gasteiger partial charge in [0.05, 0.1) is 24.9 Å². The van der Waals surface area contributed by atoms with E-state index in [4.69, 9.17) is 10.5 Å². The second-order valence-electron chi connectivity index (χ2n) is 7.91. The molecule has 0 aliphatic carbocycles. The van der Waals surface area contributed by atoms with Gasteiger partial charge in [0.2, 0.25) is 0 Å². The lowest BCUT2D eigenvalue weighted by Gasteiger charge is -2.32. The zero-order valence-corrected chi connectivity index (χ0v) is 18.2. The number of nitrogens with zero attached hydrogens (tertiary/aromatic N) is 5. The molecule has 0 spiro atoms. The Hall–Kier alpha value is -3.75. The van der Waals surface area contributed by atoms with E-state index in [0.717, 1.165) is 18.4 Å². The number of aryl methyl sites for hydroxylation is 1. The Kier molecular flexibility index (Phi) is 6.16. The van der Waals surface area contributed by atoms with E-state index in [9.17, 15) is 9.59 Å². The number of primary amides is 1. The number of piperidine rings is 1. The van der Waals surface area contributed by atoms with Crippen molar-refractivity contribution in [1.29, 1.82) is 0 Å². The SMILES string of the molecule is COc1ccc(C(=O)N2CCCC(c3ncc(C(N)=O)c(C)n3)C2)cc1Cn1cccn1. The third-order valence-electron chi connectivity index (χ3n) is 5.76. The van der Waals surface area contributed by atoms with Gasteiger partial charge in [-0.3, -0.25) is 14.3 Å². The minimum atomic E-state index is -0.542. The standard InChI is InChI=1S/C23H26N6O3/c1-15-19(21(24)30)12-25-22(27-15)17-5-3-9-28(13-17)23(31)16-6-7-20(32-2)18(11-16)14-29-10-4-8-26-29/h4,6-8,10-12,17H,3,5,9,13-14H2,1-2H3,(H2,24,30). The fourth-order valence-electron chi connectivity index (χ4n) is 4.08. The number of likely N-dealkylation sites (tertiary alicyclic amines) is 1. The van der Waals surface area contributed by atoms with Gasteiger partial charge in [0.15, 0.2) is 0 Å². The maximum Gasteiger partial charge on any atom is 0.253 e. The second kappa shape index (κ2) is 9.17. The summed E-state index contributed by atoms with van der Waals surface area (Å²) < 4.78 is 7.26. The van der Waals surface area contributed by atoms with Crippen molar-refractivity contribution in [2.24, 2.45) is 5.73 Å². The van der Waals surface area contributed by atoms with E-state index in [1.165, 1.54) is 6.20 Å². The van der Waals surface area contributed by atoms with Crippen LogP contribution in [-0.2, 0) is 6.54 Å². The van der Waals surface area contributed by atoms with E-state index >= 15 is 0 Å². The summed E-state index contributed by atoms with van der Waals surface area (Å²) in [5.74, 6) is 0.783. The van der Waals surface area contributed by atoms with Crippen LogP contribution in [0.5, 0.6) is 5.75 Å². The highest BCUT2D eigenvalue weighted by atomic mass is 16.5. The van der Waals surface area contributed by atoms with Crippen molar-refractivity contribution in [2.75, 3.05) is 20.2 Å². The van der Waals surface area contributed by atoms with Crippen molar-refractivity contribution >= 4 is 11.8 Å². The quantitative estimate of drug-likeness (QED) is 0.635. The Labute approximate surface area is 186 Å². The zero-order valence-electron chi connectivity index (χ0n) is 18.2. The minimum Gasteiger partial charge on any atom is -0.496 e. The number of hydrogen-bond donors (Lipinski definition) is 1. The number of amides is 2. The maximum atomic E-state index is 13.3. The van der Waals surface area contributed by atoms with Crippen LogP contribution in [-0.4, -0.2) is 56.7 Å². The number of carbonyl (C=O) groups excluding carboxylic acids is 2. The van der Waals surface area contributed by atoms with Crippen LogP contribution in [0, 0.1) is 6.92 Å². The number of nitrogens with two attached hydrogens (primary N) is 1. The molecule has 1 aliphatic heterocycles. The van der Waals surface area contributed by atoms with Gasteiger partial charge in [0, 0.05) is 48.7 Å². The molecule has 166 valence electrons. The van der Waals surface area contributed by atoms with Crippen molar-refractivity contribution < 1.29 is 14.3 Å². The molecule has 3 heterocycles. The van der Waals surface area contributed by atoms with Crippen LogP contribution < -0.4 is 10.5 Å². The molecule has 1 aliphatic rings. The van der Waals surface area contributed by atoms with Crippen LogP contribution in [0.4, 0.5) is 0 Å². The van der Waals surface area contributed by atoms with Crippen LogP contribution in [0.1, 0.15) is 56.6 Å². The topological polar surface area (TPSA) is 116 Å². The Morgan fingerprint density at radius 2 is 2.16 bits per heavy atom. The normalized spacial score (nSPS) is 16.1. The van der Waals surface area contributed by atoms with E-state index in [2.05, 4.69) is 15.1 Å². The van der Waals surface area contributed by atoms with Crippen LogP contribution in [0.25, 0.3) is 0 Å². The molecule has 0 saturated carbocycles. The predicted molar refractivity (Wildman–Crippen MR) is 117 cm³/mol. The molecule has 4 rings (SSSR count). The van der Waals surface area contributed by atoms with E-state index in [-0.39, 0.29) is 11.8 Å². The number of benzene rings is 1. The summed E-state index contributed by atoms with van der Waals surface area (Å²) in [7, 11) is 1.62. The third kappa shape index (κ3) is 4.46. The first kappa shape index (κ1) is 21.5. The molecule has 9 nitrogen and oxygen atoms in total. The van der Waals surface area contributed by atoms with Gasteiger partial charge in [-0.15, -0.1) is 0 Å². The average molecular weight is 435 g/mol. The molecule has 2 aromatic heterocycles. The number of hydrogen-bond acceptors (Lipinski definition) is 6. The Bertz CT molecular complexity index is 1130. The molecule has 1 saturated heterocycles. The second-order valence-corrected chi connectivity index (χ2v) is 7.91. The Morgan fingerprint density at radius 3 is 2.84 bits per heavy atom. The average Bonchev–Trinajstić information content (AvgIpc) is 3.31. The van der Waals surface area contributed by atoms with Gasteiger partial charge in [0.1, 0.15) is 11.6 Å². The fraction of sp³-hybridized carbons (Fsp3) is 0.348. The first-order valence-corrected chi connectivity index (χ1v) is 10.5. The van der Waals surface area contributed by atoms with Crippen LogP contribution in [0.2, 0.25) is 0 Å². The highest BCUT2D eigenvalue weighted by molar-refractivity contribution is 5.95. The van der Waals surface area contributed by atoms with E-state index in [1.807, 2.05) is 29.3 Å². The zero-order chi connectivity index (χ0) is 22.7. The van der Waals surface area contributed by atoms with Crippen molar-refractivity contribution in [2.45, 2.75) is 32.2 Å². The summed E-state index contributed by atoms with van der Waals surface area (Å²) in [6, 6.07) is 7.34. The van der Waals surface area contributed by atoms with E-state index < -0.39 is 5.91 Å². The Balaban J connectivity index is 1.53. The molecule has 0 bridgehead atoms. The first-order chi connectivity index (χ1) is 15.5. The van der Waals surface area contributed by atoms with Crippen molar-refractivity contribution in [3.8, 4) is 5.75 Å². The molecule has 2 amide bonds. The smallest absolute Gasteiger partial charge is 0.253 e. The summed E-state index contributed by atoms with van der Waals surface area (Å²) in [5, 5.41) is 4.24. The van der Waals surface area contributed by atoms with Crippen molar-refractivity contribution in [1.82, 2.24) is 24.6 Å². The summed E-state index contributed by atoms with van der Waals surface area (Å²) in [5.41, 5.74) is 7.73. The fourth-order valence-corrected chi connectivity index (χ4v) is 4.08. The van der Waals surface area contributed by atoms with Gasteiger partial charge in [-0.05, 0) is 44.0 Å². The summed E-state index contributed by atoms with van der Waals surface area (Å²) in [6.45, 7) is 3.46. The molecule has 2 N–H and O–H groups in total. The van der Waals surface area contributed by atoms with Crippen LogP contribution in [0.3, 0.4) is 0 Å². The van der Waals surface area contributed by atoms with E-state index in [1.54, 1.807) is 31.0 Å². The number of methoxy groups -OCH3 is 1. The molecular weight excluding hydrogens is 408 g/mol. The lowest BCUT2D eigenvalue weighted by atomic mass is 9.96. The lowest BCUT2D eigenvalue weighted by Crippen LogP contribution is -2.39. The predicted octanol–water partition coefficient (Wildman–Crippen LogP) is 2.16. The van der Waals surface area contributed by atoms with Crippen molar-refractivity contribution in [3.05, 3.63) is 71.1 Å². The minimum absolute atomic E-state index is 0.00937. The Morgan fingerprint density at radius 1 is 1.31 bits per heavy atom. The largest absolute Gasteiger partial charge is 0.496 e. The maximum absolute atomic E-state index is 13.3. The van der Waals surface area contributed by atoms with Gasteiger partial charge < -0.3 is 15.4 Å². The lowest BCUT2D eigenvalue weighted by molar-refractivity contribution is 0.0704. The van der Waals surface area contributed by atoms with Gasteiger partial charge in [-0.2, -0.15) is 5.10 Å². The number of ether oxygens (including phenoxy) is 1. The molecule has 0 radical (unpaired) electrons. The molecule has 1 atom stereocenters. The molecular formula is C23H26N6O3. The summed E-state index contributed by atoms with van der Waals surface area (Å²) in [6.07, 6.45) is 6.80. The number of rotatable bonds is 6. The monoisotopic (exact) mass is 434 g/mol. The third-order valence-corrected chi connectivity index (χ3v) is 5.76. The first-order valence-electron chi connectivity index (χ1n) is 10.5. The van der Waals surface area contributed by atoms with Crippen molar-refractivity contribution in [3.63, 3.8) is 0 Å². The molecule has 9 heteroatoms. The molecule has 1 aromatic carbocycles. The molecule has 1 unspecified atom stereocenters. The molecule has 3 aromatic rings. The van der Waals surface area contributed by atoms with Gasteiger partial charge in [-0.1, -0.05) is 0 Å². The van der Waals surface area contributed by atoms with Gasteiger partial charge in [-0.25, -0.2) is 9.97 Å². The van der Waals surface area contributed by atoms with Crippen LogP contribution >= 0.6 is 0 Å². The van der Waals surface area contributed by atoms with Gasteiger partial charge in [0.25, 0.3) is 11.8 Å².